The van der Waals surface area contributed by atoms with Gasteiger partial charge < -0.3 is 19.5 Å². The molecule has 168 valence electrons. The molecule has 0 unspecified atom stereocenters. The van der Waals surface area contributed by atoms with Crippen LogP contribution in [0.15, 0.2) is 34.2 Å². The smallest absolute Gasteiger partial charge is 0.360 e. The number of nitrogens with one attached hydrogen (secondary N) is 1. The van der Waals surface area contributed by atoms with Crippen molar-refractivity contribution in [3.05, 3.63) is 50.9 Å². The molecule has 3 heterocycles. The van der Waals surface area contributed by atoms with Crippen LogP contribution in [-0.4, -0.2) is 45.8 Å². The zero-order valence-corrected chi connectivity index (χ0v) is 20.1. The molecule has 1 saturated heterocycles. The molecule has 1 N–H and O–H groups in total. The van der Waals surface area contributed by atoms with Crippen LogP contribution in [0.3, 0.4) is 0 Å². The normalized spacial score (nSPS) is 14.4. The lowest BCUT2D eigenvalue weighted by Crippen LogP contribution is -2.40. The fourth-order valence-electron chi connectivity index (χ4n) is 3.53. The predicted octanol–water partition coefficient (Wildman–Crippen LogP) is 5.51. The number of carbonyl (C=O) groups is 1. The zero-order valence-electron chi connectivity index (χ0n) is 17.8. The number of thiocarbonyl (C=S) groups is 1. The first-order valence-corrected chi connectivity index (χ1v) is 12.0. The van der Waals surface area contributed by atoms with Crippen molar-refractivity contribution in [3.8, 4) is 11.5 Å². The molecular weight excluding hydrogens is 468 g/mol. The Morgan fingerprint density at radius 3 is 2.88 bits per heavy atom. The molecule has 1 aliphatic heterocycles. The Kier molecular flexibility index (Phi) is 7.07. The summed E-state index contributed by atoms with van der Waals surface area (Å²) in [6, 6.07) is 7.45. The number of piperidine rings is 1. The first-order chi connectivity index (χ1) is 15.4. The number of benzene rings is 1. The van der Waals surface area contributed by atoms with Crippen LogP contribution in [-0.2, 0) is 4.74 Å². The molecule has 1 aromatic carbocycles. The third-order valence-electron chi connectivity index (χ3n) is 5.27. The van der Waals surface area contributed by atoms with E-state index in [2.05, 4.69) is 15.4 Å². The number of thiazole rings is 1. The fourth-order valence-corrected chi connectivity index (χ4v) is 5.09. The number of likely N-dealkylation sites (tertiary alicyclic amines) is 1. The molecule has 0 aliphatic carbocycles. The molecule has 0 spiro atoms. The zero-order chi connectivity index (χ0) is 22.7. The fraction of sp³-hybridized carbons (Fsp3) is 0.364. The SMILES string of the molecule is CCOC(=O)c1cc(-c2csc(C3CCN(C(=S)Nc4ccc(C)cc4Cl)CC3)n2)on1. The number of nitrogens with zero attached hydrogens (tertiary/aromatic N) is 3. The first-order valence-electron chi connectivity index (χ1n) is 10.4. The highest BCUT2D eigenvalue weighted by Crippen LogP contribution is 2.33. The Labute approximate surface area is 200 Å². The molecule has 0 atom stereocenters. The molecular formula is C22H23ClN4O3S2. The molecule has 1 aliphatic rings. The lowest BCUT2D eigenvalue weighted by atomic mass is 9.98. The minimum Gasteiger partial charge on any atom is -0.461 e. The first kappa shape index (κ1) is 22.7. The van der Waals surface area contributed by atoms with Gasteiger partial charge in [0.2, 0.25) is 0 Å². The van der Waals surface area contributed by atoms with Crippen LogP contribution >= 0.6 is 35.2 Å². The van der Waals surface area contributed by atoms with Crippen LogP contribution in [0.4, 0.5) is 5.69 Å². The maximum absolute atomic E-state index is 11.8. The van der Waals surface area contributed by atoms with Gasteiger partial charge in [0, 0.05) is 30.5 Å². The second-order valence-electron chi connectivity index (χ2n) is 7.54. The summed E-state index contributed by atoms with van der Waals surface area (Å²) in [6.07, 6.45) is 1.89. The average molecular weight is 491 g/mol. The molecule has 0 amide bonds. The van der Waals surface area contributed by atoms with Crippen molar-refractivity contribution in [3.63, 3.8) is 0 Å². The summed E-state index contributed by atoms with van der Waals surface area (Å²) in [5, 5.41) is 11.4. The predicted molar refractivity (Wildman–Crippen MR) is 130 cm³/mol. The highest BCUT2D eigenvalue weighted by Gasteiger charge is 2.25. The number of aromatic nitrogens is 2. The van der Waals surface area contributed by atoms with Crippen molar-refractivity contribution in [2.45, 2.75) is 32.6 Å². The van der Waals surface area contributed by atoms with Gasteiger partial charge in [0.1, 0.15) is 5.69 Å². The Balaban J connectivity index is 1.34. The van der Waals surface area contributed by atoms with E-state index in [9.17, 15) is 4.79 Å². The van der Waals surface area contributed by atoms with E-state index in [-0.39, 0.29) is 12.3 Å². The summed E-state index contributed by atoms with van der Waals surface area (Å²) < 4.78 is 10.2. The van der Waals surface area contributed by atoms with Crippen molar-refractivity contribution < 1.29 is 14.1 Å². The number of hydrogen-bond donors (Lipinski definition) is 1. The van der Waals surface area contributed by atoms with Crippen molar-refractivity contribution in [1.82, 2.24) is 15.0 Å². The number of hydrogen-bond acceptors (Lipinski definition) is 7. The van der Waals surface area contributed by atoms with Gasteiger partial charge in [-0.1, -0.05) is 22.8 Å². The molecule has 1 fully saturated rings. The minimum absolute atomic E-state index is 0.152. The Hall–Kier alpha value is -2.49. The van der Waals surface area contributed by atoms with Crippen LogP contribution in [0.1, 0.15) is 46.7 Å². The maximum Gasteiger partial charge on any atom is 0.360 e. The molecule has 7 nitrogen and oxygen atoms in total. The number of carbonyl (C=O) groups excluding carboxylic acids is 1. The molecule has 4 rings (SSSR count). The second-order valence-corrected chi connectivity index (χ2v) is 9.23. The standard InChI is InChI=1S/C22H23ClN4O3S2/c1-3-29-21(28)17-11-19(30-26-17)18-12-32-20(24-18)14-6-8-27(9-7-14)22(31)25-16-5-4-13(2)10-15(16)23/h4-5,10-12,14H,3,6-9H2,1-2H3,(H,25,31). The van der Waals surface area contributed by atoms with Crippen LogP contribution in [0.2, 0.25) is 5.02 Å². The number of halogens is 1. The van der Waals surface area contributed by atoms with Gasteiger partial charge in [-0.25, -0.2) is 9.78 Å². The number of ether oxygens (including phenoxy) is 1. The summed E-state index contributed by atoms with van der Waals surface area (Å²) in [5.41, 5.74) is 2.77. The maximum atomic E-state index is 11.8. The van der Waals surface area contributed by atoms with Crippen molar-refractivity contribution in [2.75, 3.05) is 25.0 Å². The van der Waals surface area contributed by atoms with E-state index in [4.69, 9.17) is 38.1 Å². The van der Waals surface area contributed by atoms with Crippen LogP contribution < -0.4 is 5.32 Å². The number of esters is 1. The van der Waals surface area contributed by atoms with E-state index in [1.54, 1.807) is 24.3 Å². The topological polar surface area (TPSA) is 80.5 Å². The lowest BCUT2D eigenvalue weighted by Gasteiger charge is -2.33. The third kappa shape index (κ3) is 5.11. The van der Waals surface area contributed by atoms with Crippen molar-refractivity contribution in [2.24, 2.45) is 0 Å². The molecule has 3 aromatic rings. The summed E-state index contributed by atoms with van der Waals surface area (Å²) in [7, 11) is 0. The largest absolute Gasteiger partial charge is 0.461 e. The minimum atomic E-state index is -0.498. The van der Waals surface area contributed by atoms with Crippen molar-refractivity contribution in [1.29, 1.82) is 0 Å². The van der Waals surface area contributed by atoms with Gasteiger partial charge in [-0.2, -0.15) is 0 Å². The van der Waals surface area contributed by atoms with Gasteiger partial charge >= 0.3 is 5.97 Å². The third-order valence-corrected chi connectivity index (χ3v) is 6.95. The second kappa shape index (κ2) is 9.97. The van der Waals surface area contributed by atoms with Crippen LogP contribution in [0.5, 0.6) is 0 Å². The molecule has 10 heteroatoms. The molecule has 0 bridgehead atoms. The van der Waals surface area contributed by atoms with E-state index in [1.807, 2.05) is 30.5 Å². The number of aryl methyl sites for hydroxylation is 1. The summed E-state index contributed by atoms with van der Waals surface area (Å²) in [5.74, 6) is 0.318. The Morgan fingerprint density at radius 1 is 1.38 bits per heavy atom. The van der Waals surface area contributed by atoms with Gasteiger partial charge in [-0.15, -0.1) is 11.3 Å². The highest BCUT2D eigenvalue weighted by atomic mass is 35.5. The van der Waals surface area contributed by atoms with Gasteiger partial charge in [-0.05, 0) is 56.6 Å². The van der Waals surface area contributed by atoms with E-state index < -0.39 is 5.97 Å². The molecule has 0 radical (unpaired) electrons. The average Bonchev–Trinajstić information content (AvgIpc) is 3.46. The summed E-state index contributed by atoms with van der Waals surface area (Å²) >= 11 is 13.5. The van der Waals surface area contributed by atoms with E-state index >= 15 is 0 Å². The van der Waals surface area contributed by atoms with Gasteiger partial charge in [0.25, 0.3) is 0 Å². The van der Waals surface area contributed by atoms with E-state index in [0.717, 1.165) is 42.2 Å². The van der Waals surface area contributed by atoms with Gasteiger partial charge in [-0.3, -0.25) is 0 Å². The monoisotopic (exact) mass is 490 g/mol. The van der Waals surface area contributed by atoms with Gasteiger partial charge in [0.05, 0.1) is 22.3 Å². The molecule has 32 heavy (non-hydrogen) atoms. The summed E-state index contributed by atoms with van der Waals surface area (Å²) in [6.45, 7) is 5.72. The van der Waals surface area contributed by atoms with E-state index in [0.29, 0.717) is 27.5 Å². The highest BCUT2D eigenvalue weighted by molar-refractivity contribution is 7.80. The Bertz CT molecular complexity index is 1120. The number of anilines is 1. The summed E-state index contributed by atoms with van der Waals surface area (Å²) in [4.78, 5) is 18.7. The quantitative estimate of drug-likeness (QED) is 0.370. The number of rotatable bonds is 5. The van der Waals surface area contributed by atoms with Crippen molar-refractivity contribution >= 4 is 51.9 Å². The van der Waals surface area contributed by atoms with Crippen LogP contribution in [0.25, 0.3) is 11.5 Å². The molecule has 0 saturated carbocycles. The van der Waals surface area contributed by atoms with Crippen LogP contribution in [0, 0.1) is 6.92 Å². The lowest BCUT2D eigenvalue weighted by molar-refractivity contribution is 0.0514. The van der Waals surface area contributed by atoms with E-state index in [1.165, 1.54) is 0 Å². The van der Waals surface area contributed by atoms with Gasteiger partial charge in [0.15, 0.2) is 16.6 Å². The molecule has 2 aromatic heterocycles. The Morgan fingerprint density at radius 2 is 2.16 bits per heavy atom.